The number of carbonyl (C=O) groups excluding carboxylic acids is 2. The topological polar surface area (TPSA) is 49.9 Å². The molecule has 3 aromatic rings. The lowest BCUT2D eigenvalue weighted by atomic mass is 9.91. The lowest BCUT2D eigenvalue weighted by Gasteiger charge is -2.36. The molecular formula is C28H30N2O3S. The van der Waals surface area contributed by atoms with Gasteiger partial charge in [0.2, 0.25) is 0 Å². The van der Waals surface area contributed by atoms with E-state index in [0.717, 1.165) is 43.2 Å². The number of thiol groups is 1. The van der Waals surface area contributed by atoms with Crippen molar-refractivity contribution in [2.24, 2.45) is 5.92 Å². The number of hydrogen-bond donors (Lipinski definition) is 1. The first kappa shape index (κ1) is 23.1. The fourth-order valence-electron chi connectivity index (χ4n) is 5.09. The van der Waals surface area contributed by atoms with Crippen molar-refractivity contribution in [1.29, 1.82) is 0 Å². The van der Waals surface area contributed by atoms with Crippen LogP contribution in [0, 0.1) is 5.92 Å². The molecule has 0 bridgehead atoms. The Morgan fingerprint density at radius 1 is 0.882 bits per heavy atom. The number of piperidine rings is 1. The zero-order valence-electron chi connectivity index (χ0n) is 19.2. The molecule has 0 radical (unpaired) electrons. The number of likely N-dealkylation sites (tertiary alicyclic amines) is 1. The molecule has 5 nitrogen and oxygen atoms in total. The summed E-state index contributed by atoms with van der Waals surface area (Å²) in [6.45, 7) is 4.47. The van der Waals surface area contributed by atoms with E-state index in [1.54, 1.807) is 0 Å². The average Bonchev–Trinajstić information content (AvgIpc) is 2.86. The quantitative estimate of drug-likeness (QED) is 0.381. The van der Waals surface area contributed by atoms with Crippen LogP contribution in [0.5, 0.6) is 0 Å². The second kappa shape index (κ2) is 10.3. The minimum absolute atomic E-state index is 0.155. The van der Waals surface area contributed by atoms with Gasteiger partial charge in [0.15, 0.2) is 0 Å². The van der Waals surface area contributed by atoms with Gasteiger partial charge in [-0.15, -0.1) is 0 Å². The summed E-state index contributed by atoms with van der Waals surface area (Å²) in [5, 5.41) is 1.89. The largest absolute Gasteiger partial charge is 0.376 e. The summed E-state index contributed by atoms with van der Waals surface area (Å²) >= 11 is 4.72. The van der Waals surface area contributed by atoms with Crippen molar-refractivity contribution in [3.8, 4) is 0 Å². The van der Waals surface area contributed by atoms with Gasteiger partial charge in [-0.3, -0.25) is 14.5 Å². The number of hydrogen-bond acceptors (Lipinski definition) is 5. The SMILES string of the molecule is O=C1c2cccc3cccc(c23)C(=O)N1CC1CCN(CC(S)COCc2ccccc2)CC1. The average molecular weight is 475 g/mol. The standard InChI is InChI=1S/C28H30N2O3S/c31-27-24-10-4-8-22-9-5-11-25(26(22)24)28(32)30(27)16-20-12-14-29(15-13-20)17-23(34)19-33-18-21-6-2-1-3-7-21/h1-11,20,23,34H,12-19H2. The highest BCUT2D eigenvalue weighted by Gasteiger charge is 2.34. The predicted octanol–water partition coefficient (Wildman–Crippen LogP) is 4.66. The molecule has 1 fully saturated rings. The molecule has 0 spiro atoms. The Kier molecular flexibility index (Phi) is 6.99. The first-order chi connectivity index (χ1) is 16.6. The third kappa shape index (κ3) is 4.90. The molecule has 0 aliphatic carbocycles. The maximum atomic E-state index is 13.2. The lowest BCUT2D eigenvalue weighted by Crippen LogP contribution is -2.46. The van der Waals surface area contributed by atoms with E-state index >= 15 is 0 Å². The van der Waals surface area contributed by atoms with E-state index in [2.05, 4.69) is 17.0 Å². The maximum absolute atomic E-state index is 13.2. The number of nitrogens with zero attached hydrogens (tertiary/aromatic N) is 2. The summed E-state index contributed by atoms with van der Waals surface area (Å²) < 4.78 is 5.84. The van der Waals surface area contributed by atoms with Gasteiger partial charge in [0, 0.05) is 34.9 Å². The Labute approximate surface area is 206 Å². The molecule has 2 aliphatic rings. The zero-order chi connectivity index (χ0) is 23.5. The highest BCUT2D eigenvalue weighted by molar-refractivity contribution is 7.81. The lowest BCUT2D eigenvalue weighted by molar-refractivity contribution is 0.0550. The van der Waals surface area contributed by atoms with E-state index in [1.807, 2.05) is 54.6 Å². The van der Waals surface area contributed by atoms with Crippen molar-refractivity contribution in [3.05, 3.63) is 83.4 Å². The molecule has 1 unspecified atom stereocenters. The highest BCUT2D eigenvalue weighted by atomic mass is 32.1. The molecule has 1 atom stereocenters. The number of imide groups is 1. The maximum Gasteiger partial charge on any atom is 0.261 e. The third-order valence-electron chi connectivity index (χ3n) is 6.89. The van der Waals surface area contributed by atoms with Gasteiger partial charge in [-0.25, -0.2) is 0 Å². The van der Waals surface area contributed by atoms with Crippen LogP contribution in [0.3, 0.4) is 0 Å². The molecule has 34 heavy (non-hydrogen) atoms. The van der Waals surface area contributed by atoms with Crippen LogP contribution in [0.1, 0.15) is 39.1 Å². The van der Waals surface area contributed by atoms with E-state index in [4.69, 9.17) is 17.4 Å². The molecule has 2 heterocycles. The van der Waals surface area contributed by atoms with Crippen molar-refractivity contribution in [1.82, 2.24) is 9.80 Å². The Morgan fingerprint density at radius 3 is 2.18 bits per heavy atom. The number of carbonyl (C=O) groups is 2. The van der Waals surface area contributed by atoms with Crippen LogP contribution < -0.4 is 0 Å². The summed E-state index contributed by atoms with van der Waals surface area (Å²) in [5.74, 6) is -0.00764. The number of rotatable bonds is 8. The van der Waals surface area contributed by atoms with Crippen LogP contribution in [0.2, 0.25) is 0 Å². The van der Waals surface area contributed by atoms with E-state index in [0.29, 0.717) is 36.8 Å². The van der Waals surface area contributed by atoms with Gasteiger partial charge in [0.05, 0.1) is 13.2 Å². The van der Waals surface area contributed by atoms with Gasteiger partial charge < -0.3 is 9.64 Å². The minimum atomic E-state index is -0.164. The van der Waals surface area contributed by atoms with Crippen LogP contribution in [0.25, 0.3) is 10.8 Å². The molecule has 5 rings (SSSR count). The van der Waals surface area contributed by atoms with Crippen molar-refractivity contribution >= 4 is 35.2 Å². The van der Waals surface area contributed by atoms with Crippen molar-refractivity contribution in [3.63, 3.8) is 0 Å². The smallest absolute Gasteiger partial charge is 0.261 e. The van der Waals surface area contributed by atoms with Gasteiger partial charge in [-0.1, -0.05) is 54.6 Å². The van der Waals surface area contributed by atoms with Crippen LogP contribution in [0.15, 0.2) is 66.7 Å². The van der Waals surface area contributed by atoms with Crippen molar-refractivity contribution in [2.45, 2.75) is 24.7 Å². The highest BCUT2D eigenvalue weighted by Crippen LogP contribution is 2.31. The van der Waals surface area contributed by atoms with E-state index in [1.165, 1.54) is 10.5 Å². The second-order valence-electron chi connectivity index (χ2n) is 9.33. The van der Waals surface area contributed by atoms with E-state index < -0.39 is 0 Å². The minimum Gasteiger partial charge on any atom is -0.376 e. The zero-order valence-corrected chi connectivity index (χ0v) is 20.1. The number of ether oxygens (including phenoxy) is 1. The van der Waals surface area contributed by atoms with Crippen LogP contribution in [0.4, 0.5) is 0 Å². The number of benzene rings is 3. The third-order valence-corrected chi connectivity index (χ3v) is 7.21. The normalized spacial score (nSPS) is 18.0. The monoisotopic (exact) mass is 474 g/mol. The van der Waals surface area contributed by atoms with E-state index in [9.17, 15) is 9.59 Å². The number of amides is 2. The fraction of sp³-hybridized carbons (Fsp3) is 0.357. The molecule has 176 valence electrons. The van der Waals surface area contributed by atoms with Gasteiger partial charge in [0.25, 0.3) is 11.8 Å². The first-order valence-electron chi connectivity index (χ1n) is 12.0. The van der Waals surface area contributed by atoms with Crippen LogP contribution in [-0.4, -0.2) is 59.7 Å². The molecule has 2 aliphatic heterocycles. The Morgan fingerprint density at radius 2 is 1.53 bits per heavy atom. The van der Waals surface area contributed by atoms with Gasteiger partial charge >= 0.3 is 0 Å². The molecule has 0 N–H and O–H groups in total. The Bertz CT molecular complexity index is 1120. The summed E-state index contributed by atoms with van der Waals surface area (Å²) in [6, 6.07) is 21.5. The van der Waals surface area contributed by atoms with Crippen LogP contribution in [-0.2, 0) is 11.3 Å². The fourth-order valence-corrected chi connectivity index (χ4v) is 5.43. The molecule has 3 aromatic carbocycles. The van der Waals surface area contributed by atoms with Crippen LogP contribution >= 0.6 is 12.6 Å². The van der Waals surface area contributed by atoms with Crippen molar-refractivity contribution in [2.75, 3.05) is 32.8 Å². The van der Waals surface area contributed by atoms with Gasteiger partial charge in [-0.2, -0.15) is 12.6 Å². The molecule has 2 amide bonds. The summed E-state index contributed by atoms with van der Waals surface area (Å²) in [4.78, 5) is 30.2. The summed E-state index contributed by atoms with van der Waals surface area (Å²) in [7, 11) is 0. The molecule has 6 heteroatoms. The van der Waals surface area contributed by atoms with Gasteiger partial charge in [-0.05, 0) is 54.9 Å². The molecule has 0 saturated carbocycles. The molecular weight excluding hydrogens is 444 g/mol. The summed E-state index contributed by atoms with van der Waals surface area (Å²) in [6.07, 6.45) is 1.93. The van der Waals surface area contributed by atoms with Crippen molar-refractivity contribution < 1.29 is 14.3 Å². The van der Waals surface area contributed by atoms with Gasteiger partial charge in [0.1, 0.15) is 0 Å². The second-order valence-corrected chi connectivity index (χ2v) is 10.1. The Balaban J connectivity index is 1.12. The predicted molar refractivity (Wildman–Crippen MR) is 137 cm³/mol. The summed E-state index contributed by atoms with van der Waals surface area (Å²) in [5.41, 5.74) is 2.45. The van der Waals surface area contributed by atoms with E-state index in [-0.39, 0.29) is 17.1 Å². The molecule has 0 aromatic heterocycles. The Hall–Kier alpha value is -2.67. The first-order valence-corrected chi connectivity index (χ1v) is 12.5. The molecule has 1 saturated heterocycles.